The van der Waals surface area contributed by atoms with Crippen molar-refractivity contribution < 1.29 is 27.5 Å². The van der Waals surface area contributed by atoms with Crippen molar-refractivity contribution in [1.29, 1.82) is 0 Å². The van der Waals surface area contributed by atoms with E-state index in [0.29, 0.717) is 37.3 Å². The Morgan fingerprint density at radius 2 is 2.10 bits per heavy atom. The van der Waals surface area contributed by atoms with Crippen molar-refractivity contribution in [3.8, 4) is 0 Å². The number of carbonyl (C=O) groups is 2. The van der Waals surface area contributed by atoms with E-state index in [1.165, 1.54) is 6.07 Å². The van der Waals surface area contributed by atoms with Gasteiger partial charge in [0, 0.05) is 32.3 Å². The molecular formula is C21H25F3N2O3. The molecule has 1 aliphatic heterocycles. The number of likely N-dealkylation sites (tertiary alicyclic amines) is 1. The van der Waals surface area contributed by atoms with E-state index in [1.807, 2.05) is 6.08 Å². The largest absolute Gasteiger partial charge is 0.416 e. The molecule has 1 unspecified atom stereocenters. The van der Waals surface area contributed by atoms with E-state index < -0.39 is 17.2 Å². The van der Waals surface area contributed by atoms with Crippen LogP contribution in [-0.2, 0) is 27.0 Å². The SMILES string of the molecule is COCCN1C(=O)CCC2(C(=O)NCc3cccc(C(F)(F)F)c3)CCCC=C12. The predicted molar refractivity (Wildman–Crippen MR) is 100 cm³/mol. The number of nitrogens with zero attached hydrogens (tertiary/aromatic N) is 1. The highest BCUT2D eigenvalue weighted by molar-refractivity contribution is 5.91. The lowest BCUT2D eigenvalue weighted by Crippen LogP contribution is -2.53. The van der Waals surface area contributed by atoms with E-state index in [-0.39, 0.29) is 24.8 Å². The molecule has 3 rings (SSSR count). The van der Waals surface area contributed by atoms with Crippen LogP contribution >= 0.6 is 0 Å². The molecule has 1 atom stereocenters. The lowest BCUT2D eigenvalue weighted by molar-refractivity contribution is -0.141. The standard InChI is InChI=1S/C21H25F3N2O3/c1-29-12-11-26-17-7-2-3-9-20(17,10-8-18(26)27)19(28)25-14-15-5-4-6-16(13-15)21(22,23)24/h4-7,13H,2-3,8-12,14H2,1H3,(H,25,28). The van der Waals surface area contributed by atoms with E-state index in [0.717, 1.165) is 25.0 Å². The third-order valence-corrected chi connectivity index (χ3v) is 5.65. The van der Waals surface area contributed by atoms with Gasteiger partial charge in [-0.15, -0.1) is 0 Å². The summed E-state index contributed by atoms with van der Waals surface area (Å²) in [5.41, 5.74) is -0.469. The van der Waals surface area contributed by atoms with Crippen molar-refractivity contribution in [1.82, 2.24) is 10.2 Å². The number of methoxy groups -OCH3 is 1. The van der Waals surface area contributed by atoms with Gasteiger partial charge in [0.15, 0.2) is 0 Å². The summed E-state index contributed by atoms with van der Waals surface area (Å²) >= 11 is 0. The summed E-state index contributed by atoms with van der Waals surface area (Å²) < 4.78 is 43.8. The van der Waals surface area contributed by atoms with Crippen molar-refractivity contribution in [2.75, 3.05) is 20.3 Å². The molecule has 0 aromatic heterocycles. The number of carbonyl (C=O) groups excluding carboxylic acids is 2. The van der Waals surface area contributed by atoms with Gasteiger partial charge in [-0.3, -0.25) is 9.59 Å². The number of hydrogen-bond acceptors (Lipinski definition) is 3. The lowest BCUT2D eigenvalue weighted by atomic mass is 9.69. The van der Waals surface area contributed by atoms with Crippen LogP contribution in [0.4, 0.5) is 13.2 Å². The molecule has 8 heteroatoms. The van der Waals surface area contributed by atoms with Crippen LogP contribution in [0.2, 0.25) is 0 Å². The van der Waals surface area contributed by atoms with Crippen molar-refractivity contribution in [2.45, 2.75) is 44.8 Å². The Morgan fingerprint density at radius 3 is 2.83 bits per heavy atom. The van der Waals surface area contributed by atoms with Crippen LogP contribution in [0.1, 0.15) is 43.2 Å². The Labute approximate surface area is 167 Å². The molecule has 29 heavy (non-hydrogen) atoms. The van der Waals surface area contributed by atoms with Gasteiger partial charge in [0.25, 0.3) is 0 Å². The van der Waals surface area contributed by atoms with Crippen molar-refractivity contribution in [2.24, 2.45) is 5.41 Å². The number of piperidine rings is 1. The van der Waals surface area contributed by atoms with Gasteiger partial charge in [0.2, 0.25) is 11.8 Å². The van der Waals surface area contributed by atoms with Crippen molar-refractivity contribution in [3.63, 3.8) is 0 Å². The Hall–Kier alpha value is -2.35. The zero-order valence-electron chi connectivity index (χ0n) is 16.3. The molecule has 1 fully saturated rings. The maximum atomic E-state index is 13.2. The second-order valence-corrected chi connectivity index (χ2v) is 7.48. The summed E-state index contributed by atoms with van der Waals surface area (Å²) in [7, 11) is 1.55. The maximum absolute atomic E-state index is 13.2. The van der Waals surface area contributed by atoms with Gasteiger partial charge in [-0.25, -0.2) is 0 Å². The van der Waals surface area contributed by atoms with Gasteiger partial charge in [-0.2, -0.15) is 13.2 Å². The van der Waals surface area contributed by atoms with Gasteiger partial charge in [0.1, 0.15) is 0 Å². The van der Waals surface area contributed by atoms with E-state index in [4.69, 9.17) is 4.74 Å². The average Bonchev–Trinajstić information content (AvgIpc) is 2.71. The zero-order chi connectivity index (χ0) is 21.1. The molecule has 0 saturated carbocycles. The highest BCUT2D eigenvalue weighted by Crippen LogP contribution is 2.46. The maximum Gasteiger partial charge on any atom is 0.416 e. The van der Waals surface area contributed by atoms with Crippen LogP contribution in [0.5, 0.6) is 0 Å². The van der Waals surface area contributed by atoms with Gasteiger partial charge in [-0.05, 0) is 43.4 Å². The number of nitrogens with one attached hydrogen (secondary N) is 1. The molecule has 1 heterocycles. The van der Waals surface area contributed by atoms with E-state index in [9.17, 15) is 22.8 Å². The molecule has 0 radical (unpaired) electrons. The molecule has 0 spiro atoms. The summed E-state index contributed by atoms with van der Waals surface area (Å²) in [6.45, 7) is 0.749. The molecule has 2 aliphatic rings. The molecule has 1 aliphatic carbocycles. The average molecular weight is 410 g/mol. The highest BCUT2D eigenvalue weighted by atomic mass is 19.4. The van der Waals surface area contributed by atoms with Crippen LogP contribution in [0.3, 0.4) is 0 Å². The fourth-order valence-electron chi connectivity index (χ4n) is 4.16. The summed E-state index contributed by atoms with van der Waals surface area (Å²) in [4.78, 5) is 27.2. The summed E-state index contributed by atoms with van der Waals surface area (Å²) in [5, 5.41) is 2.81. The first kappa shape index (κ1) is 21.4. The minimum Gasteiger partial charge on any atom is -0.383 e. The number of benzene rings is 1. The van der Waals surface area contributed by atoms with E-state index >= 15 is 0 Å². The molecule has 0 bridgehead atoms. The minimum absolute atomic E-state index is 0.00377. The molecule has 2 amide bonds. The molecule has 1 saturated heterocycles. The first-order valence-electron chi connectivity index (χ1n) is 9.72. The van der Waals surface area contributed by atoms with Gasteiger partial charge >= 0.3 is 6.18 Å². The van der Waals surface area contributed by atoms with Crippen LogP contribution < -0.4 is 5.32 Å². The van der Waals surface area contributed by atoms with Crippen LogP contribution in [0.25, 0.3) is 0 Å². The number of allylic oxidation sites excluding steroid dienone is 1. The summed E-state index contributed by atoms with van der Waals surface area (Å²) in [5.74, 6) is -0.271. The topological polar surface area (TPSA) is 58.6 Å². The fourth-order valence-corrected chi connectivity index (χ4v) is 4.16. The Balaban J connectivity index is 1.77. The van der Waals surface area contributed by atoms with Crippen molar-refractivity contribution >= 4 is 11.8 Å². The molecular weight excluding hydrogens is 385 g/mol. The number of ether oxygens (including phenoxy) is 1. The Morgan fingerprint density at radius 1 is 1.31 bits per heavy atom. The molecule has 158 valence electrons. The molecule has 1 aromatic rings. The second kappa shape index (κ2) is 8.57. The van der Waals surface area contributed by atoms with E-state index in [2.05, 4.69) is 5.32 Å². The first-order valence-corrected chi connectivity index (χ1v) is 9.72. The second-order valence-electron chi connectivity index (χ2n) is 7.48. The number of rotatable bonds is 6. The van der Waals surface area contributed by atoms with Crippen LogP contribution in [0, 0.1) is 5.41 Å². The Bertz CT molecular complexity index is 807. The molecule has 5 nitrogen and oxygen atoms in total. The summed E-state index contributed by atoms with van der Waals surface area (Å²) in [6, 6.07) is 4.94. The van der Waals surface area contributed by atoms with E-state index in [1.54, 1.807) is 18.1 Å². The van der Waals surface area contributed by atoms with Crippen LogP contribution in [0.15, 0.2) is 36.0 Å². The highest BCUT2D eigenvalue weighted by Gasteiger charge is 2.49. The minimum atomic E-state index is -4.43. The number of halogens is 3. The predicted octanol–water partition coefficient (Wildman–Crippen LogP) is 3.64. The van der Waals surface area contributed by atoms with Gasteiger partial charge in [-0.1, -0.05) is 18.2 Å². The monoisotopic (exact) mass is 410 g/mol. The molecule has 1 N–H and O–H groups in total. The Kier molecular flexibility index (Phi) is 6.31. The first-order chi connectivity index (χ1) is 13.8. The number of amides is 2. The number of alkyl halides is 3. The summed E-state index contributed by atoms with van der Waals surface area (Å²) in [6.07, 6.45) is 0.419. The number of fused-ring (bicyclic) bond motifs is 1. The fraction of sp³-hybridized carbons (Fsp3) is 0.524. The zero-order valence-corrected chi connectivity index (χ0v) is 16.3. The smallest absolute Gasteiger partial charge is 0.383 e. The van der Waals surface area contributed by atoms with Crippen molar-refractivity contribution in [3.05, 3.63) is 47.2 Å². The number of hydrogen-bond donors (Lipinski definition) is 1. The van der Waals surface area contributed by atoms with Gasteiger partial charge < -0.3 is 15.0 Å². The van der Waals surface area contributed by atoms with Gasteiger partial charge in [0.05, 0.1) is 17.6 Å². The van der Waals surface area contributed by atoms with Crippen LogP contribution in [-0.4, -0.2) is 37.0 Å². The lowest BCUT2D eigenvalue weighted by Gasteiger charge is -2.46. The third-order valence-electron chi connectivity index (χ3n) is 5.65. The quantitative estimate of drug-likeness (QED) is 0.779. The molecule has 1 aromatic carbocycles. The normalized spacial score (nSPS) is 22.1. The third kappa shape index (κ3) is 4.47.